The van der Waals surface area contributed by atoms with Crippen LogP contribution in [0.1, 0.15) is 37.4 Å². The summed E-state index contributed by atoms with van der Waals surface area (Å²) in [5, 5.41) is 13.7. The van der Waals surface area contributed by atoms with Gasteiger partial charge in [0.15, 0.2) is 11.6 Å². The van der Waals surface area contributed by atoms with Crippen molar-refractivity contribution >= 4 is 17.3 Å². The van der Waals surface area contributed by atoms with E-state index in [9.17, 15) is 14.7 Å². The summed E-state index contributed by atoms with van der Waals surface area (Å²) in [6.07, 6.45) is 3.70. The van der Waals surface area contributed by atoms with Crippen LogP contribution in [0.4, 0.5) is 5.69 Å². The van der Waals surface area contributed by atoms with Gasteiger partial charge >= 0.3 is 0 Å². The summed E-state index contributed by atoms with van der Waals surface area (Å²) in [4.78, 5) is 25.8. The predicted octanol–water partition coefficient (Wildman–Crippen LogP) is 3.49. The molecule has 0 bridgehead atoms. The Morgan fingerprint density at radius 2 is 1.62 bits per heavy atom. The highest BCUT2D eigenvalue weighted by atomic mass is 16.3. The number of benzene rings is 2. The van der Waals surface area contributed by atoms with Crippen LogP contribution in [-0.4, -0.2) is 23.2 Å². The number of phenolic OH excluding ortho intramolecular Hbond substituents is 1. The van der Waals surface area contributed by atoms with Gasteiger partial charge in [-0.3, -0.25) is 9.59 Å². The quantitative estimate of drug-likeness (QED) is 0.558. The fourth-order valence-corrected chi connectivity index (χ4v) is 2.97. The van der Waals surface area contributed by atoms with Crippen molar-refractivity contribution in [3.63, 3.8) is 0 Å². The molecular formula is C20H17NO3. The average Bonchev–Trinajstić information content (AvgIpc) is 2.60. The summed E-state index contributed by atoms with van der Waals surface area (Å²) in [5.74, 6) is -0.764. The van der Waals surface area contributed by atoms with E-state index in [0.717, 1.165) is 0 Å². The first kappa shape index (κ1) is 15.7. The Morgan fingerprint density at radius 1 is 1.00 bits per heavy atom. The number of carbonyl (C=O) groups is 2. The minimum absolute atomic E-state index is 0.0598. The Labute approximate surface area is 140 Å². The Hall–Kier alpha value is -3.14. The topological polar surface area (TPSA) is 66.4 Å². The van der Waals surface area contributed by atoms with Crippen LogP contribution in [-0.2, 0) is 6.42 Å². The second-order valence-corrected chi connectivity index (χ2v) is 5.55. The van der Waals surface area contributed by atoms with E-state index in [-0.39, 0.29) is 28.4 Å². The van der Waals surface area contributed by atoms with E-state index in [1.54, 1.807) is 42.5 Å². The first-order valence-corrected chi connectivity index (χ1v) is 7.63. The zero-order chi connectivity index (χ0) is 17.3. The molecule has 120 valence electrons. The smallest absolute Gasteiger partial charge is 0.198 e. The SMILES string of the molecule is C=CCNc1cc(CC=C)c(O)c2c1C(=O)c1ccccc1C2=O. The van der Waals surface area contributed by atoms with E-state index in [4.69, 9.17) is 0 Å². The second kappa shape index (κ2) is 6.16. The van der Waals surface area contributed by atoms with Gasteiger partial charge in [0.05, 0.1) is 11.1 Å². The van der Waals surface area contributed by atoms with E-state index in [0.29, 0.717) is 35.3 Å². The maximum absolute atomic E-state index is 12.9. The Kier molecular flexibility index (Phi) is 4.04. The van der Waals surface area contributed by atoms with Crippen molar-refractivity contribution in [1.29, 1.82) is 0 Å². The van der Waals surface area contributed by atoms with Crippen LogP contribution in [0.5, 0.6) is 5.75 Å². The normalized spacial score (nSPS) is 12.3. The fourth-order valence-electron chi connectivity index (χ4n) is 2.97. The number of hydrogen-bond acceptors (Lipinski definition) is 4. The van der Waals surface area contributed by atoms with Crippen LogP contribution in [0.15, 0.2) is 55.6 Å². The molecule has 0 saturated carbocycles. The van der Waals surface area contributed by atoms with Gasteiger partial charge in [0, 0.05) is 28.9 Å². The second-order valence-electron chi connectivity index (χ2n) is 5.55. The molecule has 0 saturated heterocycles. The van der Waals surface area contributed by atoms with Crippen LogP contribution in [0.2, 0.25) is 0 Å². The number of fused-ring (bicyclic) bond motifs is 2. The zero-order valence-corrected chi connectivity index (χ0v) is 13.1. The molecule has 2 N–H and O–H groups in total. The van der Waals surface area contributed by atoms with Crippen LogP contribution in [0, 0.1) is 0 Å². The van der Waals surface area contributed by atoms with Gasteiger partial charge in [0.1, 0.15) is 5.75 Å². The van der Waals surface area contributed by atoms with E-state index in [2.05, 4.69) is 18.5 Å². The maximum Gasteiger partial charge on any atom is 0.198 e. The number of ketones is 2. The number of hydrogen-bond donors (Lipinski definition) is 2. The van der Waals surface area contributed by atoms with Crippen molar-refractivity contribution in [1.82, 2.24) is 0 Å². The third-order valence-electron chi connectivity index (χ3n) is 4.05. The number of rotatable bonds is 5. The molecule has 0 aromatic heterocycles. The highest BCUT2D eigenvalue weighted by molar-refractivity contribution is 6.31. The summed E-state index contributed by atoms with van der Waals surface area (Å²) < 4.78 is 0. The van der Waals surface area contributed by atoms with E-state index in [1.165, 1.54) is 0 Å². The largest absolute Gasteiger partial charge is 0.507 e. The molecule has 0 aliphatic heterocycles. The molecule has 4 heteroatoms. The molecule has 1 aliphatic rings. The summed E-state index contributed by atoms with van der Waals surface area (Å²) in [6.45, 7) is 7.76. The minimum atomic E-state index is -0.342. The van der Waals surface area contributed by atoms with Crippen LogP contribution in [0.3, 0.4) is 0 Å². The molecule has 0 fully saturated rings. The van der Waals surface area contributed by atoms with Gasteiger partial charge < -0.3 is 10.4 Å². The Bertz CT molecular complexity index is 881. The van der Waals surface area contributed by atoms with Crippen molar-refractivity contribution in [2.75, 3.05) is 11.9 Å². The predicted molar refractivity (Wildman–Crippen MR) is 94.0 cm³/mol. The van der Waals surface area contributed by atoms with Crippen molar-refractivity contribution in [3.05, 3.63) is 83.5 Å². The molecule has 2 aromatic rings. The van der Waals surface area contributed by atoms with Gasteiger partial charge in [0.2, 0.25) is 0 Å². The summed E-state index contributed by atoms with van der Waals surface area (Å²) >= 11 is 0. The molecule has 3 rings (SSSR count). The number of phenols is 1. The van der Waals surface area contributed by atoms with Gasteiger partial charge in [-0.1, -0.05) is 36.4 Å². The Morgan fingerprint density at radius 3 is 2.21 bits per heavy atom. The molecule has 0 amide bonds. The van der Waals surface area contributed by atoms with Gasteiger partial charge in [-0.25, -0.2) is 0 Å². The third kappa shape index (κ3) is 2.33. The first-order valence-electron chi connectivity index (χ1n) is 7.63. The highest BCUT2D eigenvalue weighted by Crippen LogP contribution is 2.39. The molecule has 0 radical (unpaired) electrons. The molecule has 2 aromatic carbocycles. The van der Waals surface area contributed by atoms with Crippen LogP contribution in [0.25, 0.3) is 0 Å². The van der Waals surface area contributed by atoms with Crippen molar-refractivity contribution < 1.29 is 14.7 Å². The van der Waals surface area contributed by atoms with Crippen LogP contribution >= 0.6 is 0 Å². The standard InChI is InChI=1S/C20H17NO3/c1-3-7-12-11-15(21-10-4-2)16-17(18(12)22)20(24)14-9-6-5-8-13(14)19(16)23/h3-6,8-9,11,21-22H,1-2,7,10H2. The summed E-state index contributed by atoms with van der Waals surface area (Å²) in [6, 6.07) is 8.35. The lowest BCUT2D eigenvalue weighted by Crippen LogP contribution is -2.23. The summed E-state index contributed by atoms with van der Waals surface area (Å²) in [7, 11) is 0. The lowest BCUT2D eigenvalue weighted by atomic mass is 9.81. The monoisotopic (exact) mass is 319 g/mol. The molecule has 0 heterocycles. The molecule has 0 atom stereocenters. The number of aromatic hydroxyl groups is 1. The molecule has 0 unspecified atom stereocenters. The Balaban J connectivity index is 2.30. The number of carbonyl (C=O) groups excluding carboxylic acids is 2. The van der Waals surface area contributed by atoms with E-state index < -0.39 is 0 Å². The van der Waals surface area contributed by atoms with Crippen molar-refractivity contribution in [3.8, 4) is 5.75 Å². The van der Waals surface area contributed by atoms with Gasteiger partial charge in [-0.2, -0.15) is 0 Å². The molecule has 4 nitrogen and oxygen atoms in total. The molecule has 0 spiro atoms. The average molecular weight is 319 g/mol. The van der Waals surface area contributed by atoms with Gasteiger partial charge in [-0.05, 0) is 12.5 Å². The summed E-state index contributed by atoms with van der Waals surface area (Å²) in [5.41, 5.74) is 2.02. The third-order valence-corrected chi connectivity index (χ3v) is 4.05. The lowest BCUT2D eigenvalue weighted by molar-refractivity contribution is 0.0977. The number of anilines is 1. The molecule has 1 aliphatic carbocycles. The first-order chi connectivity index (χ1) is 11.6. The molecular weight excluding hydrogens is 302 g/mol. The fraction of sp³-hybridized carbons (Fsp3) is 0.100. The van der Waals surface area contributed by atoms with Gasteiger partial charge in [0.25, 0.3) is 0 Å². The lowest BCUT2D eigenvalue weighted by Gasteiger charge is -2.23. The van der Waals surface area contributed by atoms with Crippen molar-refractivity contribution in [2.24, 2.45) is 0 Å². The maximum atomic E-state index is 12.9. The number of allylic oxidation sites excluding steroid dienone is 1. The minimum Gasteiger partial charge on any atom is -0.507 e. The molecule has 24 heavy (non-hydrogen) atoms. The van der Waals surface area contributed by atoms with E-state index >= 15 is 0 Å². The highest BCUT2D eigenvalue weighted by Gasteiger charge is 2.35. The van der Waals surface area contributed by atoms with E-state index in [1.807, 2.05) is 0 Å². The van der Waals surface area contributed by atoms with Crippen molar-refractivity contribution in [2.45, 2.75) is 6.42 Å². The van der Waals surface area contributed by atoms with Crippen LogP contribution < -0.4 is 5.32 Å². The zero-order valence-electron chi connectivity index (χ0n) is 13.1. The van der Waals surface area contributed by atoms with Gasteiger partial charge in [-0.15, -0.1) is 13.2 Å². The number of nitrogens with one attached hydrogen (secondary N) is 1.